The van der Waals surface area contributed by atoms with Gasteiger partial charge in [0.05, 0.1) is 25.6 Å². The first-order chi connectivity index (χ1) is 17.1. The van der Waals surface area contributed by atoms with Gasteiger partial charge in [0.1, 0.15) is 6.54 Å². The number of benzene rings is 2. The van der Waals surface area contributed by atoms with E-state index in [1.807, 2.05) is 63.4 Å². The van der Waals surface area contributed by atoms with Gasteiger partial charge in [-0.3, -0.25) is 14.7 Å². The van der Waals surface area contributed by atoms with Gasteiger partial charge < -0.3 is 19.7 Å². The number of hydrogen-bond acceptors (Lipinski definition) is 5. The average Bonchev–Trinajstić information content (AvgIpc) is 3.26. The molecular weight excluding hydrogens is 458 g/mol. The number of imidazole rings is 1. The number of anilines is 1. The number of methoxy groups -OCH3 is 2. The van der Waals surface area contributed by atoms with Gasteiger partial charge in [-0.2, -0.15) is 0 Å². The summed E-state index contributed by atoms with van der Waals surface area (Å²) in [6.45, 7) is 9.37. The third-order valence-corrected chi connectivity index (χ3v) is 5.13. The molecule has 2 N–H and O–H groups in total. The normalized spacial score (nSPS) is 10.9. The van der Waals surface area contributed by atoms with Crippen LogP contribution in [0.4, 0.5) is 10.7 Å². The Balaban J connectivity index is 1.93. The summed E-state index contributed by atoms with van der Waals surface area (Å²) in [7, 11) is 3.13. The zero-order chi connectivity index (χ0) is 26.3. The van der Waals surface area contributed by atoms with Crippen molar-refractivity contribution >= 4 is 17.9 Å². The highest BCUT2D eigenvalue weighted by Gasteiger charge is 2.22. The van der Waals surface area contributed by atoms with Gasteiger partial charge in [-0.25, -0.2) is 9.78 Å². The SMILES string of the molecule is C=CCN(CC(=O)Nc1nc(-c2ccccc2)cn1-c1ccc(OC)c(OC)c1)C(=O)NC(C)(C)C. The zero-order valence-electron chi connectivity index (χ0n) is 21.4. The summed E-state index contributed by atoms with van der Waals surface area (Å²) in [5.41, 5.74) is 1.84. The summed E-state index contributed by atoms with van der Waals surface area (Å²) in [6.07, 6.45) is 3.41. The highest BCUT2D eigenvalue weighted by atomic mass is 16.5. The van der Waals surface area contributed by atoms with Crippen molar-refractivity contribution in [3.8, 4) is 28.4 Å². The molecule has 3 aromatic rings. The van der Waals surface area contributed by atoms with Crippen molar-refractivity contribution in [3.05, 3.63) is 67.4 Å². The van der Waals surface area contributed by atoms with Gasteiger partial charge in [-0.1, -0.05) is 36.4 Å². The first-order valence-electron chi connectivity index (χ1n) is 11.5. The fraction of sp³-hybridized carbons (Fsp3) is 0.296. The lowest BCUT2D eigenvalue weighted by atomic mass is 10.1. The number of carbonyl (C=O) groups excluding carboxylic acids is 2. The predicted octanol–water partition coefficient (Wildman–Crippen LogP) is 4.49. The van der Waals surface area contributed by atoms with Gasteiger partial charge in [0, 0.05) is 29.9 Å². The Morgan fingerprint density at radius 1 is 1.08 bits per heavy atom. The Bertz CT molecular complexity index is 1210. The van der Waals surface area contributed by atoms with Crippen LogP contribution in [0.25, 0.3) is 16.9 Å². The maximum atomic E-state index is 13.1. The molecule has 0 saturated carbocycles. The fourth-order valence-electron chi connectivity index (χ4n) is 3.50. The van der Waals surface area contributed by atoms with E-state index in [1.165, 1.54) is 4.90 Å². The van der Waals surface area contributed by atoms with Crippen LogP contribution in [-0.4, -0.2) is 59.2 Å². The molecule has 0 saturated heterocycles. The van der Waals surface area contributed by atoms with Gasteiger partial charge in [-0.15, -0.1) is 6.58 Å². The summed E-state index contributed by atoms with van der Waals surface area (Å²) in [6, 6.07) is 14.7. The summed E-state index contributed by atoms with van der Waals surface area (Å²) < 4.78 is 12.6. The van der Waals surface area contributed by atoms with E-state index in [-0.39, 0.29) is 19.1 Å². The van der Waals surface area contributed by atoms with Crippen LogP contribution in [-0.2, 0) is 4.79 Å². The predicted molar refractivity (Wildman–Crippen MR) is 141 cm³/mol. The Kier molecular flexibility index (Phi) is 8.37. The molecular formula is C27H33N5O4. The molecule has 2 aromatic carbocycles. The molecule has 0 aliphatic rings. The van der Waals surface area contributed by atoms with Crippen LogP contribution in [0.15, 0.2) is 67.4 Å². The molecule has 0 radical (unpaired) electrons. The molecule has 0 atom stereocenters. The maximum absolute atomic E-state index is 13.1. The summed E-state index contributed by atoms with van der Waals surface area (Å²) in [5, 5.41) is 5.73. The number of amides is 3. The lowest BCUT2D eigenvalue weighted by Gasteiger charge is -2.27. The van der Waals surface area contributed by atoms with Crippen molar-refractivity contribution in [2.45, 2.75) is 26.3 Å². The van der Waals surface area contributed by atoms with E-state index in [1.54, 1.807) is 37.0 Å². The van der Waals surface area contributed by atoms with Gasteiger partial charge in [0.2, 0.25) is 11.9 Å². The van der Waals surface area contributed by atoms with E-state index < -0.39 is 11.4 Å². The minimum Gasteiger partial charge on any atom is -0.493 e. The molecule has 0 unspecified atom stereocenters. The van der Waals surface area contributed by atoms with E-state index in [0.717, 1.165) is 5.56 Å². The molecule has 1 heterocycles. The molecule has 0 bridgehead atoms. The quantitative estimate of drug-likeness (QED) is 0.430. The van der Waals surface area contributed by atoms with E-state index in [2.05, 4.69) is 22.2 Å². The Morgan fingerprint density at radius 3 is 2.39 bits per heavy atom. The Morgan fingerprint density at radius 2 is 1.78 bits per heavy atom. The standard InChI is InChI=1S/C27H33N5O4/c1-7-15-31(26(34)30-27(2,3)4)18-24(33)29-25-28-21(19-11-9-8-10-12-19)17-32(25)20-13-14-22(35-5)23(16-20)36-6/h7-14,16-17H,1,15,18H2,2-6H3,(H,30,34)(H,28,29,33). The minimum absolute atomic E-state index is 0.173. The third-order valence-electron chi connectivity index (χ3n) is 5.13. The maximum Gasteiger partial charge on any atom is 0.318 e. The van der Waals surface area contributed by atoms with Crippen molar-refractivity contribution in [3.63, 3.8) is 0 Å². The molecule has 36 heavy (non-hydrogen) atoms. The van der Waals surface area contributed by atoms with Crippen molar-refractivity contribution in [1.82, 2.24) is 19.8 Å². The van der Waals surface area contributed by atoms with Crippen LogP contribution in [0.1, 0.15) is 20.8 Å². The van der Waals surface area contributed by atoms with Crippen LogP contribution in [0.5, 0.6) is 11.5 Å². The number of nitrogens with zero attached hydrogens (tertiary/aromatic N) is 3. The number of rotatable bonds is 9. The molecule has 190 valence electrons. The van der Waals surface area contributed by atoms with E-state index in [4.69, 9.17) is 9.47 Å². The largest absolute Gasteiger partial charge is 0.493 e. The van der Waals surface area contributed by atoms with E-state index in [9.17, 15) is 9.59 Å². The molecule has 9 heteroatoms. The molecule has 3 amide bonds. The highest BCUT2D eigenvalue weighted by molar-refractivity contribution is 5.93. The van der Waals surface area contributed by atoms with Crippen LogP contribution in [0.2, 0.25) is 0 Å². The molecule has 0 aliphatic heterocycles. The van der Waals surface area contributed by atoms with Gasteiger partial charge >= 0.3 is 6.03 Å². The molecule has 0 aliphatic carbocycles. The highest BCUT2D eigenvalue weighted by Crippen LogP contribution is 2.31. The number of aromatic nitrogens is 2. The number of urea groups is 1. The average molecular weight is 492 g/mol. The summed E-state index contributed by atoms with van der Waals surface area (Å²) in [5.74, 6) is 1.03. The summed E-state index contributed by atoms with van der Waals surface area (Å²) >= 11 is 0. The van der Waals surface area contributed by atoms with Crippen molar-refractivity contribution in [2.24, 2.45) is 0 Å². The van der Waals surface area contributed by atoms with Crippen LogP contribution < -0.4 is 20.1 Å². The van der Waals surface area contributed by atoms with Crippen LogP contribution >= 0.6 is 0 Å². The molecule has 1 aromatic heterocycles. The third kappa shape index (κ3) is 6.65. The van der Waals surface area contributed by atoms with E-state index in [0.29, 0.717) is 28.8 Å². The zero-order valence-corrected chi connectivity index (χ0v) is 21.4. The molecule has 0 fully saturated rings. The first-order valence-corrected chi connectivity index (χ1v) is 11.5. The number of ether oxygens (including phenoxy) is 2. The topological polar surface area (TPSA) is 97.7 Å². The lowest BCUT2D eigenvalue weighted by Crippen LogP contribution is -2.50. The lowest BCUT2D eigenvalue weighted by molar-refractivity contribution is -0.116. The van der Waals surface area contributed by atoms with Crippen molar-refractivity contribution in [1.29, 1.82) is 0 Å². The van der Waals surface area contributed by atoms with Crippen LogP contribution in [0, 0.1) is 0 Å². The fourth-order valence-corrected chi connectivity index (χ4v) is 3.50. The second-order valence-electron chi connectivity index (χ2n) is 9.12. The molecule has 9 nitrogen and oxygen atoms in total. The second-order valence-corrected chi connectivity index (χ2v) is 9.12. The second kappa shape index (κ2) is 11.4. The number of carbonyl (C=O) groups is 2. The molecule has 0 spiro atoms. The van der Waals surface area contributed by atoms with Gasteiger partial charge in [0.15, 0.2) is 11.5 Å². The Labute approximate surface area is 211 Å². The summed E-state index contributed by atoms with van der Waals surface area (Å²) in [4.78, 5) is 31.8. The smallest absolute Gasteiger partial charge is 0.318 e. The van der Waals surface area contributed by atoms with Crippen molar-refractivity contribution < 1.29 is 19.1 Å². The number of hydrogen-bond donors (Lipinski definition) is 2. The minimum atomic E-state index is -0.443. The van der Waals surface area contributed by atoms with Crippen LogP contribution in [0.3, 0.4) is 0 Å². The van der Waals surface area contributed by atoms with Gasteiger partial charge in [-0.05, 0) is 32.9 Å². The van der Waals surface area contributed by atoms with E-state index >= 15 is 0 Å². The first kappa shape index (κ1) is 26.3. The Hall–Kier alpha value is -4.27. The van der Waals surface area contributed by atoms with Crippen molar-refractivity contribution in [2.75, 3.05) is 32.6 Å². The van der Waals surface area contributed by atoms with Gasteiger partial charge in [0.25, 0.3) is 0 Å². The monoisotopic (exact) mass is 491 g/mol. The molecule has 3 rings (SSSR count). The number of nitrogens with one attached hydrogen (secondary N) is 2.